The third-order valence-corrected chi connectivity index (χ3v) is 3.40. The van der Waals surface area contributed by atoms with Gasteiger partial charge in [0, 0.05) is 6.42 Å². The molecule has 8 nitrogen and oxygen atoms in total. The number of ether oxygens (including phenoxy) is 2. The smallest absolute Gasteiger partial charge is 0.330 e. The van der Waals surface area contributed by atoms with Crippen LogP contribution in [0.4, 0.5) is 0 Å². The molecule has 1 aromatic rings. The van der Waals surface area contributed by atoms with E-state index in [1.807, 2.05) is 0 Å². The summed E-state index contributed by atoms with van der Waals surface area (Å²) in [6.07, 6.45) is 0.718. The molecule has 20 heavy (non-hydrogen) atoms. The van der Waals surface area contributed by atoms with Crippen molar-refractivity contribution in [2.45, 2.75) is 24.4 Å². The number of aliphatic hydroxyl groups is 2. The molecule has 3 atom stereocenters. The van der Waals surface area contributed by atoms with Crippen LogP contribution in [0.25, 0.3) is 0 Å². The summed E-state index contributed by atoms with van der Waals surface area (Å²) < 4.78 is 11.5. The average Bonchev–Trinajstić information content (AvgIpc) is 2.76. The zero-order valence-corrected chi connectivity index (χ0v) is 10.9. The van der Waals surface area contributed by atoms with Crippen LogP contribution in [0.15, 0.2) is 28.4 Å². The van der Waals surface area contributed by atoms with Crippen LogP contribution in [0.1, 0.15) is 12.6 Å². The fraction of sp³-hybridized carbons (Fsp3) is 0.500. The highest BCUT2D eigenvalue weighted by atomic mass is 16.6. The summed E-state index contributed by atoms with van der Waals surface area (Å²) in [6, 6.07) is 0. The van der Waals surface area contributed by atoms with E-state index in [9.17, 15) is 19.8 Å². The van der Waals surface area contributed by atoms with Crippen LogP contribution in [0.3, 0.4) is 0 Å². The zero-order valence-electron chi connectivity index (χ0n) is 10.9. The molecule has 0 spiro atoms. The molecule has 2 rings (SSSR count). The largest absolute Gasteiger partial charge is 0.490 e. The van der Waals surface area contributed by atoms with Gasteiger partial charge in [0.1, 0.15) is 11.8 Å². The Bertz CT molecular complexity index is 621. The van der Waals surface area contributed by atoms with E-state index in [2.05, 4.69) is 11.6 Å². The lowest BCUT2D eigenvalue weighted by atomic mass is 9.98. The van der Waals surface area contributed by atoms with Gasteiger partial charge >= 0.3 is 5.69 Å². The molecule has 3 N–H and O–H groups in total. The van der Waals surface area contributed by atoms with Gasteiger partial charge in [0.15, 0.2) is 0 Å². The van der Waals surface area contributed by atoms with Crippen LogP contribution < -0.4 is 16.0 Å². The molecule has 1 aliphatic heterocycles. The molecular weight excluding hydrogens is 268 g/mol. The second kappa shape index (κ2) is 5.23. The summed E-state index contributed by atoms with van der Waals surface area (Å²) in [4.78, 5) is 25.3. The molecule has 1 unspecified atom stereocenters. The SMILES string of the molecule is C=C[C@]1(CO)OC(n2cc(OC)c(=O)[nH]c2=O)C[C@@H]1O. The molecule has 1 fully saturated rings. The lowest BCUT2D eigenvalue weighted by Gasteiger charge is -2.26. The van der Waals surface area contributed by atoms with Gasteiger partial charge in [0.05, 0.1) is 26.0 Å². The fourth-order valence-electron chi connectivity index (χ4n) is 2.16. The Kier molecular flexibility index (Phi) is 3.80. The molecule has 8 heteroatoms. The minimum Gasteiger partial charge on any atom is -0.490 e. The third kappa shape index (κ3) is 2.17. The summed E-state index contributed by atoms with van der Waals surface area (Å²) in [5.74, 6) is -0.0530. The predicted octanol–water partition coefficient (Wildman–Crippen LogP) is -1.26. The van der Waals surface area contributed by atoms with Gasteiger partial charge in [0.2, 0.25) is 5.75 Å². The summed E-state index contributed by atoms with van der Waals surface area (Å²) in [6.45, 7) is 3.05. The van der Waals surface area contributed by atoms with E-state index in [0.717, 1.165) is 4.57 Å². The van der Waals surface area contributed by atoms with Crippen molar-refractivity contribution in [2.24, 2.45) is 0 Å². The molecule has 0 bridgehead atoms. The van der Waals surface area contributed by atoms with E-state index in [1.54, 1.807) is 0 Å². The number of nitrogens with one attached hydrogen (secondary N) is 1. The molecule has 0 amide bonds. The van der Waals surface area contributed by atoms with E-state index in [-0.39, 0.29) is 12.2 Å². The number of hydrogen-bond acceptors (Lipinski definition) is 6. The summed E-state index contributed by atoms with van der Waals surface area (Å²) in [5.41, 5.74) is -2.66. The van der Waals surface area contributed by atoms with Crippen LogP contribution in [0, 0.1) is 0 Å². The minimum atomic E-state index is -1.33. The molecule has 2 heterocycles. The first-order chi connectivity index (χ1) is 9.47. The number of aromatic nitrogens is 2. The average molecular weight is 284 g/mol. The van der Waals surface area contributed by atoms with Gasteiger partial charge in [-0.15, -0.1) is 6.58 Å². The Morgan fingerprint density at radius 3 is 2.90 bits per heavy atom. The van der Waals surface area contributed by atoms with E-state index in [4.69, 9.17) is 9.47 Å². The van der Waals surface area contributed by atoms with Gasteiger partial charge in [-0.05, 0) is 0 Å². The van der Waals surface area contributed by atoms with Crippen molar-refractivity contribution in [3.05, 3.63) is 39.7 Å². The van der Waals surface area contributed by atoms with Crippen molar-refractivity contribution >= 4 is 0 Å². The Labute approximate surface area is 113 Å². The van der Waals surface area contributed by atoms with Crippen LogP contribution >= 0.6 is 0 Å². The van der Waals surface area contributed by atoms with Crippen molar-refractivity contribution in [1.82, 2.24) is 9.55 Å². The third-order valence-electron chi connectivity index (χ3n) is 3.40. The molecule has 0 aromatic carbocycles. The summed E-state index contributed by atoms with van der Waals surface area (Å²) >= 11 is 0. The number of rotatable bonds is 4. The summed E-state index contributed by atoms with van der Waals surface area (Å²) in [5, 5.41) is 19.3. The lowest BCUT2D eigenvalue weighted by Crippen LogP contribution is -2.41. The number of H-pyrrole nitrogens is 1. The molecule has 1 saturated heterocycles. The normalized spacial score (nSPS) is 29.4. The molecule has 1 aromatic heterocycles. The van der Waals surface area contributed by atoms with Crippen LogP contribution in [0.5, 0.6) is 5.75 Å². The maximum absolute atomic E-state index is 11.8. The molecular formula is C12H16N2O6. The second-order valence-electron chi connectivity index (χ2n) is 4.51. The first-order valence-electron chi connectivity index (χ1n) is 5.97. The first kappa shape index (κ1) is 14.5. The van der Waals surface area contributed by atoms with E-state index in [0.29, 0.717) is 0 Å². The van der Waals surface area contributed by atoms with Crippen molar-refractivity contribution in [1.29, 1.82) is 0 Å². The highest BCUT2D eigenvalue weighted by Crippen LogP contribution is 2.36. The van der Waals surface area contributed by atoms with E-state index >= 15 is 0 Å². The predicted molar refractivity (Wildman–Crippen MR) is 68.6 cm³/mol. The van der Waals surface area contributed by atoms with Gasteiger partial charge in [-0.25, -0.2) is 4.79 Å². The number of aliphatic hydroxyl groups excluding tert-OH is 2. The van der Waals surface area contributed by atoms with Crippen LogP contribution in [-0.2, 0) is 4.74 Å². The van der Waals surface area contributed by atoms with Gasteiger partial charge in [0.25, 0.3) is 5.56 Å². The van der Waals surface area contributed by atoms with Crippen LogP contribution in [-0.4, -0.2) is 45.2 Å². The van der Waals surface area contributed by atoms with Crippen molar-refractivity contribution in [3.8, 4) is 5.75 Å². The Morgan fingerprint density at radius 1 is 1.70 bits per heavy atom. The van der Waals surface area contributed by atoms with Crippen molar-refractivity contribution in [2.75, 3.05) is 13.7 Å². The highest BCUT2D eigenvalue weighted by molar-refractivity contribution is 5.13. The van der Waals surface area contributed by atoms with E-state index in [1.165, 1.54) is 19.4 Å². The lowest BCUT2D eigenvalue weighted by molar-refractivity contribution is -0.0974. The van der Waals surface area contributed by atoms with Gasteiger partial charge in [-0.2, -0.15) is 0 Å². The van der Waals surface area contributed by atoms with Crippen LogP contribution in [0.2, 0.25) is 0 Å². The molecule has 1 aliphatic rings. The second-order valence-corrected chi connectivity index (χ2v) is 4.51. The van der Waals surface area contributed by atoms with Gasteiger partial charge in [-0.1, -0.05) is 6.08 Å². The summed E-state index contributed by atoms with van der Waals surface area (Å²) in [7, 11) is 1.30. The number of hydrogen-bond donors (Lipinski definition) is 3. The monoisotopic (exact) mass is 284 g/mol. The number of methoxy groups -OCH3 is 1. The quantitative estimate of drug-likeness (QED) is 0.595. The Balaban J connectivity index is 2.42. The van der Waals surface area contributed by atoms with Gasteiger partial charge in [-0.3, -0.25) is 14.3 Å². The maximum atomic E-state index is 11.8. The maximum Gasteiger partial charge on any atom is 0.330 e. The Hall–Kier alpha value is -1.90. The minimum absolute atomic E-state index is 0.0530. The zero-order chi connectivity index (χ0) is 14.9. The first-order valence-corrected chi connectivity index (χ1v) is 5.97. The van der Waals surface area contributed by atoms with Crippen molar-refractivity contribution in [3.63, 3.8) is 0 Å². The number of nitrogens with zero attached hydrogens (tertiary/aromatic N) is 1. The molecule has 110 valence electrons. The fourth-order valence-corrected chi connectivity index (χ4v) is 2.16. The standard InChI is InChI=1S/C12H16N2O6/c1-3-12(6-15)8(16)4-9(20-12)14-5-7(19-2)10(17)13-11(14)18/h3,5,8-9,15-16H,1,4,6H2,2H3,(H,13,17,18)/t8-,9?,12+/m0/s1. The highest BCUT2D eigenvalue weighted by Gasteiger charge is 2.46. The molecule has 0 saturated carbocycles. The Morgan fingerprint density at radius 2 is 2.40 bits per heavy atom. The van der Waals surface area contributed by atoms with E-state index < -0.39 is 35.8 Å². The number of aromatic amines is 1. The topological polar surface area (TPSA) is 114 Å². The molecule has 0 aliphatic carbocycles. The van der Waals surface area contributed by atoms with Crippen molar-refractivity contribution < 1.29 is 19.7 Å². The van der Waals surface area contributed by atoms with Gasteiger partial charge < -0.3 is 19.7 Å². The molecule has 0 radical (unpaired) electrons.